The Morgan fingerprint density at radius 3 is 2.52 bits per heavy atom. The Hall–Kier alpha value is -3.85. The summed E-state index contributed by atoms with van der Waals surface area (Å²) in [5.41, 5.74) is 2.13. The Bertz CT molecular complexity index is 1280. The number of ether oxygens (including phenoxy) is 1. The Balaban J connectivity index is 1.69. The van der Waals surface area contributed by atoms with Crippen LogP contribution in [0, 0.1) is 0 Å². The molecule has 0 spiro atoms. The smallest absolute Gasteiger partial charge is 0.406 e. The highest BCUT2D eigenvalue weighted by Crippen LogP contribution is 2.39. The minimum Gasteiger partial charge on any atom is -0.406 e. The maximum absolute atomic E-state index is 12.7. The van der Waals surface area contributed by atoms with Crippen molar-refractivity contribution >= 4 is 23.4 Å². The summed E-state index contributed by atoms with van der Waals surface area (Å²) >= 11 is 6.13. The number of amides is 1. The van der Waals surface area contributed by atoms with Crippen LogP contribution in [0.2, 0.25) is 5.02 Å². The molecule has 0 atom stereocenters. The maximum Gasteiger partial charge on any atom is 0.573 e. The molecule has 0 unspecified atom stereocenters. The number of anilines is 1. The molecule has 10 heteroatoms. The zero-order chi connectivity index (χ0) is 23.4. The van der Waals surface area contributed by atoms with E-state index in [4.69, 9.17) is 16.1 Å². The van der Waals surface area contributed by atoms with Gasteiger partial charge in [0.25, 0.3) is 0 Å². The normalized spacial score (nSPS) is 11.3. The minimum atomic E-state index is -4.84. The van der Waals surface area contributed by atoms with Gasteiger partial charge in [0, 0.05) is 23.0 Å². The summed E-state index contributed by atoms with van der Waals surface area (Å²) in [6, 6.07) is 15.6. The van der Waals surface area contributed by atoms with Crippen LogP contribution >= 0.6 is 11.6 Å². The summed E-state index contributed by atoms with van der Waals surface area (Å²) in [5, 5.41) is 7.12. The van der Waals surface area contributed by atoms with Gasteiger partial charge in [-0.25, -0.2) is 0 Å². The van der Waals surface area contributed by atoms with Crippen LogP contribution in [0.15, 0.2) is 77.6 Å². The largest absolute Gasteiger partial charge is 0.573 e. The predicted molar refractivity (Wildman–Crippen MR) is 116 cm³/mol. The molecule has 4 rings (SSSR count). The van der Waals surface area contributed by atoms with E-state index in [9.17, 15) is 18.0 Å². The molecular formula is C23H15ClF3N3O3. The molecule has 2 heterocycles. The average Bonchev–Trinajstić information content (AvgIpc) is 3.18. The number of hydrogen-bond acceptors (Lipinski definition) is 5. The van der Waals surface area contributed by atoms with Gasteiger partial charge >= 0.3 is 6.36 Å². The first kappa shape index (κ1) is 22.3. The van der Waals surface area contributed by atoms with Gasteiger partial charge in [-0.1, -0.05) is 47.1 Å². The summed E-state index contributed by atoms with van der Waals surface area (Å²) in [5.74, 6) is -0.779. The van der Waals surface area contributed by atoms with Crippen molar-refractivity contribution in [2.24, 2.45) is 0 Å². The second kappa shape index (κ2) is 9.33. The first-order chi connectivity index (χ1) is 15.8. The van der Waals surface area contributed by atoms with Gasteiger partial charge in [-0.05, 0) is 41.5 Å². The highest BCUT2D eigenvalue weighted by Gasteiger charge is 2.31. The van der Waals surface area contributed by atoms with Crippen molar-refractivity contribution in [3.63, 3.8) is 0 Å². The topological polar surface area (TPSA) is 77.2 Å². The van der Waals surface area contributed by atoms with Crippen molar-refractivity contribution in [3.8, 4) is 28.1 Å². The van der Waals surface area contributed by atoms with Crippen molar-refractivity contribution in [1.82, 2.24) is 10.1 Å². The third kappa shape index (κ3) is 5.50. The molecular weight excluding hydrogens is 459 g/mol. The Morgan fingerprint density at radius 2 is 1.79 bits per heavy atom. The Labute approximate surface area is 191 Å². The van der Waals surface area contributed by atoms with Gasteiger partial charge in [-0.3, -0.25) is 15.1 Å². The third-order valence-corrected chi connectivity index (χ3v) is 4.93. The van der Waals surface area contributed by atoms with E-state index in [1.165, 1.54) is 30.6 Å². The Kier molecular flexibility index (Phi) is 6.32. The number of carbonyl (C=O) groups excluding carboxylic acids is 1. The van der Waals surface area contributed by atoms with Crippen molar-refractivity contribution < 1.29 is 27.2 Å². The summed E-state index contributed by atoms with van der Waals surface area (Å²) in [4.78, 5) is 16.6. The predicted octanol–water partition coefficient (Wildman–Crippen LogP) is 6.14. The fourth-order valence-electron chi connectivity index (χ4n) is 3.18. The lowest BCUT2D eigenvalue weighted by atomic mass is 10.0. The monoisotopic (exact) mass is 473 g/mol. The highest BCUT2D eigenvalue weighted by molar-refractivity contribution is 6.31. The van der Waals surface area contributed by atoms with Crippen LogP contribution in [-0.4, -0.2) is 22.4 Å². The number of aromatic nitrogens is 2. The fraction of sp³-hybridized carbons (Fsp3) is 0.0870. The first-order valence-electron chi connectivity index (χ1n) is 9.59. The molecule has 0 saturated carbocycles. The van der Waals surface area contributed by atoms with Crippen LogP contribution in [0.5, 0.6) is 5.75 Å². The van der Waals surface area contributed by atoms with Crippen molar-refractivity contribution in [1.29, 1.82) is 0 Å². The Morgan fingerprint density at radius 1 is 1.03 bits per heavy atom. The second-order valence-corrected chi connectivity index (χ2v) is 7.27. The van der Waals surface area contributed by atoms with Crippen molar-refractivity contribution in [2.45, 2.75) is 12.8 Å². The maximum atomic E-state index is 12.7. The van der Waals surface area contributed by atoms with E-state index in [1.807, 2.05) is 0 Å². The van der Waals surface area contributed by atoms with Crippen LogP contribution < -0.4 is 10.1 Å². The van der Waals surface area contributed by atoms with Crippen molar-refractivity contribution in [3.05, 3.63) is 83.6 Å². The summed E-state index contributed by atoms with van der Waals surface area (Å²) in [6.07, 6.45) is -1.79. The molecule has 0 bridgehead atoms. The van der Waals surface area contributed by atoms with Gasteiger partial charge in [0.2, 0.25) is 11.8 Å². The van der Waals surface area contributed by atoms with E-state index in [0.717, 1.165) is 0 Å². The highest BCUT2D eigenvalue weighted by atomic mass is 35.5. The molecule has 33 heavy (non-hydrogen) atoms. The van der Waals surface area contributed by atoms with Gasteiger partial charge in [0.1, 0.15) is 11.4 Å². The summed E-state index contributed by atoms with van der Waals surface area (Å²) in [7, 11) is 0. The first-order valence-corrected chi connectivity index (χ1v) is 9.97. The quantitative estimate of drug-likeness (QED) is 0.364. The molecule has 0 aliphatic rings. The van der Waals surface area contributed by atoms with E-state index in [0.29, 0.717) is 27.3 Å². The third-order valence-electron chi connectivity index (χ3n) is 4.56. The fourth-order valence-corrected chi connectivity index (χ4v) is 3.39. The minimum absolute atomic E-state index is 0.0135. The van der Waals surface area contributed by atoms with Gasteiger partial charge in [0.15, 0.2) is 0 Å². The number of halogens is 4. The molecule has 168 valence electrons. The molecule has 2 aromatic heterocycles. The molecule has 0 saturated heterocycles. The van der Waals surface area contributed by atoms with Crippen LogP contribution in [-0.2, 0) is 11.2 Å². The van der Waals surface area contributed by atoms with Crippen LogP contribution in [0.3, 0.4) is 0 Å². The lowest BCUT2D eigenvalue weighted by Gasteiger charge is -2.10. The molecule has 0 aliphatic heterocycles. The lowest BCUT2D eigenvalue weighted by Crippen LogP contribution is -2.17. The average molecular weight is 474 g/mol. The lowest BCUT2D eigenvalue weighted by molar-refractivity contribution is -0.274. The van der Waals surface area contributed by atoms with Crippen molar-refractivity contribution in [2.75, 3.05) is 5.32 Å². The standard InChI is InChI=1S/C23H15ClF3N3O3/c24-18-7-2-1-4-15(18)13-19(31)29-22-20(14-8-10-28-11-9-14)21(30-33-22)16-5-3-6-17(12-16)32-23(25,26)27/h1-12H,13H2,(H,29,31). The van der Waals surface area contributed by atoms with Crippen LogP contribution in [0.4, 0.5) is 19.1 Å². The zero-order valence-electron chi connectivity index (χ0n) is 16.8. The SMILES string of the molecule is O=C(Cc1ccccc1Cl)Nc1onc(-c2cccc(OC(F)(F)F)c2)c1-c1ccncc1. The zero-order valence-corrected chi connectivity index (χ0v) is 17.5. The number of hydrogen-bond donors (Lipinski definition) is 1. The number of nitrogens with zero attached hydrogens (tertiary/aromatic N) is 2. The number of benzene rings is 2. The van der Waals surface area contributed by atoms with E-state index < -0.39 is 18.0 Å². The molecule has 1 amide bonds. The van der Waals surface area contributed by atoms with Gasteiger partial charge < -0.3 is 9.26 Å². The molecule has 6 nitrogen and oxygen atoms in total. The van der Waals surface area contributed by atoms with E-state index in [1.54, 1.807) is 42.5 Å². The van der Waals surface area contributed by atoms with E-state index >= 15 is 0 Å². The van der Waals surface area contributed by atoms with Crippen LogP contribution in [0.1, 0.15) is 5.56 Å². The number of nitrogens with one attached hydrogen (secondary N) is 1. The van der Waals surface area contributed by atoms with Crippen LogP contribution in [0.25, 0.3) is 22.4 Å². The molecule has 0 fully saturated rings. The van der Waals surface area contributed by atoms with E-state index in [2.05, 4.69) is 20.2 Å². The number of pyridine rings is 1. The molecule has 4 aromatic rings. The van der Waals surface area contributed by atoms with E-state index in [-0.39, 0.29) is 18.0 Å². The number of carbonyl (C=O) groups is 1. The van der Waals surface area contributed by atoms with Gasteiger partial charge in [-0.15, -0.1) is 13.2 Å². The van der Waals surface area contributed by atoms with Gasteiger partial charge in [0.05, 0.1) is 12.0 Å². The second-order valence-electron chi connectivity index (χ2n) is 6.86. The number of alkyl halides is 3. The molecule has 0 aliphatic carbocycles. The molecule has 1 N–H and O–H groups in total. The molecule has 0 radical (unpaired) electrons. The number of rotatable bonds is 6. The summed E-state index contributed by atoms with van der Waals surface area (Å²) < 4.78 is 47.4. The summed E-state index contributed by atoms with van der Waals surface area (Å²) in [6.45, 7) is 0. The van der Waals surface area contributed by atoms with Gasteiger partial charge in [-0.2, -0.15) is 0 Å². The molecule has 2 aromatic carbocycles.